The maximum atomic E-state index is 10.8. The minimum atomic E-state index is -0.542. The van der Waals surface area contributed by atoms with Gasteiger partial charge in [0.2, 0.25) is 0 Å². The Kier molecular flexibility index (Phi) is 4.27. The molecule has 7 nitrogen and oxygen atoms in total. The maximum Gasteiger partial charge on any atom is 0.288 e. The number of rotatable bonds is 4. The van der Waals surface area contributed by atoms with E-state index >= 15 is 0 Å². The molecule has 0 aromatic heterocycles. The summed E-state index contributed by atoms with van der Waals surface area (Å²) in [6.07, 6.45) is 1.25. The minimum Gasteiger partial charge on any atom is -0.493 e. The average molecular weight is 304 g/mol. The number of nitro benzene ring substituents is 1. The number of nitrogens with zero attached hydrogens (tertiary/aromatic N) is 2. The van der Waals surface area contributed by atoms with Gasteiger partial charge in [0.25, 0.3) is 5.69 Å². The summed E-state index contributed by atoms with van der Waals surface area (Å²) in [5, 5.41) is 14.2. The zero-order valence-electron chi connectivity index (χ0n) is 9.14. The van der Waals surface area contributed by atoms with Gasteiger partial charge in [0, 0.05) is 0 Å². The second kappa shape index (κ2) is 5.48. The molecule has 0 aliphatic rings. The fourth-order valence-electron chi connectivity index (χ4n) is 1.31. The van der Waals surface area contributed by atoms with Gasteiger partial charge in [0.1, 0.15) is 4.47 Å². The number of nitro groups is 1. The van der Waals surface area contributed by atoms with Gasteiger partial charge in [0.15, 0.2) is 11.5 Å². The number of benzene rings is 1. The Morgan fingerprint density at radius 1 is 1.53 bits per heavy atom. The van der Waals surface area contributed by atoms with Crippen LogP contribution in [-0.2, 0) is 0 Å². The zero-order valence-corrected chi connectivity index (χ0v) is 10.7. The van der Waals surface area contributed by atoms with Crippen LogP contribution >= 0.6 is 15.9 Å². The molecule has 0 heterocycles. The first-order chi connectivity index (χ1) is 8.06. The van der Waals surface area contributed by atoms with E-state index in [0.717, 1.165) is 0 Å². The first-order valence-electron chi connectivity index (χ1n) is 4.38. The molecular weight excluding hydrogens is 294 g/mol. The molecule has 2 N–H and O–H groups in total. The van der Waals surface area contributed by atoms with Crippen LogP contribution < -0.4 is 15.3 Å². The molecule has 0 aliphatic heterocycles. The monoisotopic (exact) mass is 303 g/mol. The molecule has 92 valence electrons. The van der Waals surface area contributed by atoms with Crippen molar-refractivity contribution in [3.63, 3.8) is 0 Å². The summed E-state index contributed by atoms with van der Waals surface area (Å²) >= 11 is 3.11. The molecule has 0 aliphatic carbocycles. The molecule has 8 heteroatoms. The highest BCUT2D eigenvalue weighted by Crippen LogP contribution is 2.41. The molecule has 1 aromatic rings. The highest BCUT2D eigenvalue weighted by atomic mass is 79.9. The molecule has 0 unspecified atom stereocenters. The predicted octanol–water partition coefficient (Wildman–Crippen LogP) is 1.67. The molecule has 0 atom stereocenters. The lowest BCUT2D eigenvalue weighted by molar-refractivity contribution is -0.385. The van der Waals surface area contributed by atoms with Crippen molar-refractivity contribution in [1.82, 2.24) is 0 Å². The fraction of sp³-hybridized carbons (Fsp3) is 0.222. The first kappa shape index (κ1) is 13.2. The van der Waals surface area contributed by atoms with Crippen LogP contribution in [0.2, 0.25) is 0 Å². The van der Waals surface area contributed by atoms with Crippen molar-refractivity contribution in [3.8, 4) is 11.5 Å². The Labute approximate surface area is 105 Å². The molecule has 0 amide bonds. The second-order valence-corrected chi connectivity index (χ2v) is 3.69. The number of methoxy groups -OCH3 is 2. The van der Waals surface area contributed by atoms with E-state index in [-0.39, 0.29) is 15.9 Å². The summed E-state index contributed by atoms with van der Waals surface area (Å²) in [7, 11) is 2.81. The van der Waals surface area contributed by atoms with Crippen LogP contribution in [-0.4, -0.2) is 25.4 Å². The van der Waals surface area contributed by atoms with Gasteiger partial charge < -0.3 is 15.3 Å². The van der Waals surface area contributed by atoms with Gasteiger partial charge in [-0.15, -0.1) is 0 Å². The van der Waals surface area contributed by atoms with Gasteiger partial charge in [-0.2, -0.15) is 5.10 Å². The molecule has 1 rings (SSSR count). The molecule has 0 saturated heterocycles. The van der Waals surface area contributed by atoms with Gasteiger partial charge in [-0.1, -0.05) is 0 Å². The Balaban J connectivity index is 3.62. The van der Waals surface area contributed by atoms with Crippen LogP contribution in [0.25, 0.3) is 0 Å². The topological polar surface area (TPSA) is 100.0 Å². The Bertz CT molecular complexity index is 476. The lowest BCUT2D eigenvalue weighted by atomic mass is 10.1. The van der Waals surface area contributed by atoms with E-state index in [0.29, 0.717) is 11.3 Å². The van der Waals surface area contributed by atoms with E-state index in [1.807, 2.05) is 0 Å². The maximum absolute atomic E-state index is 10.8. The smallest absolute Gasteiger partial charge is 0.288 e. The van der Waals surface area contributed by atoms with Crippen LogP contribution in [0.4, 0.5) is 5.69 Å². The fourth-order valence-corrected chi connectivity index (χ4v) is 1.85. The normalized spacial score (nSPS) is 10.5. The molecular formula is C9H10BrN3O4. The Morgan fingerprint density at radius 2 is 2.18 bits per heavy atom. The number of hydrogen-bond acceptors (Lipinski definition) is 6. The number of nitrogens with two attached hydrogens (primary N) is 1. The third-order valence-corrected chi connectivity index (χ3v) is 2.86. The van der Waals surface area contributed by atoms with E-state index in [1.54, 1.807) is 0 Å². The van der Waals surface area contributed by atoms with Crippen LogP contribution in [0.15, 0.2) is 15.6 Å². The highest BCUT2D eigenvalue weighted by Gasteiger charge is 2.23. The molecule has 0 saturated carbocycles. The molecule has 0 spiro atoms. The first-order valence-corrected chi connectivity index (χ1v) is 5.18. The summed E-state index contributed by atoms with van der Waals surface area (Å²) in [6.45, 7) is 0. The van der Waals surface area contributed by atoms with Gasteiger partial charge in [-0.3, -0.25) is 10.1 Å². The Hall–Kier alpha value is -1.83. The molecule has 1 aromatic carbocycles. The van der Waals surface area contributed by atoms with E-state index in [1.165, 1.54) is 26.5 Å². The van der Waals surface area contributed by atoms with E-state index < -0.39 is 4.92 Å². The van der Waals surface area contributed by atoms with Crippen molar-refractivity contribution in [2.24, 2.45) is 10.9 Å². The summed E-state index contributed by atoms with van der Waals surface area (Å²) in [4.78, 5) is 10.3. The minimum absolute atomic E-state index is 0.155. The summed E-state index contributed by atoms with van der Waals surface area (Å²) in [5.74, 6) is 5.61. The SMILES string of the molecule is COc1cc([N+](=O)[O-])c(Br)c(C=NN)c1OC. The zero-order chi connectivity index (χ0) is 13.0. The van der Waals surface area contributed by atoms with Crippen LogP contribution in [0.5, 0.6) is 11.5 Å². The van der Waals surface area contributed by atoms with Crippen molar-refractivity contribution >= 4 is 27.8 Å². The number of halogens is 1. The van der Waals surface area contributed by atoms with Crippen molar-refractivity contribution in [3.05, 3.63) is 26.2 Å². The van der Waals surface area contributed by atoms with Gasteiger partial charge >= 0.3 is 0 Å². The average Bonchev–Trinajstić information content (AvgIpc) is 2.31. The lowest BCUT2D eigenvalue weighted by Crippen LogP contribution is -2.01. The van der Waals surface area contributed by atoms with E-state index in [2.05, 4.69) is 21.0 Å². The quantitative estimate of drug-likeness (QED) is 0.395. The van der Waals surface area contributed by atoms with E-state index in [9.17, 15) is 10.1 Å². The Morgan fingerprint density at radius 3 is 2.59 bits per heavy atom. The van der Waals surface area contributed by atoms with Gasteiger partial charge in [-0.05, 0) is 15.9 Å². The second-order valence-electron chi connectivity index (χ2n) is 2.89. The van der Waals surface area contributed by atoms with Crippen LogP contribution in [0.3, 0.4) is 0 Å². The van der Waals surface area contributed by atoms with Crippen LogP contribution in [0, 0.1) is 10.1 Å². The van der Waals surface area contributed by atoms with Crippen molar-refractivity contribution < 1.29 is 14.4 Å². The number of ether oxygens (including phenoxy) is 2. The van der Waals surface area contributed by atoms with Crippen LogP contribution in [0.1, 0.15) is 5.56 Å². The van der Waals surface area contributed by atoms with Crippen molar-refractivity contribution in [1.29, 1.82) is 0 Å². The van der Waals surface area contributed by atoms with Gasteiger partial charge in [-0.25, -0.2) is 0 Å². The third-order valence-electron chi connectivity index (χ3n) is 2.02. The molecule has 0 fully saturated rings. The molecule has 0 radical (unpaired) electrons. The standard InChI is InChI=1S/C9H10BrN3O4/c1-16-7-3-6(13(14)15)8(10)5(4-12-11)9(7)17-2/h3-4H,11H2,1-2H3. The predicted molar refractivity (Wildman–Crippen MR) is 65.7 cm³/mol. The number of hydrazone groups is 1. The van der Waals surface area contributed by atoms with Crippen molar-refractivity contribution in [2.45, 2.75) is 0 Å². The summed E-state index contributed by atoms with van der Waals surface area (Å²) < 4.78 is 10.4. The largest absolute Gasteiger partial charge is 0.493 e. The molecule has 0 bridgehead atoms. The van der Waals surface area contributed by atoms with E-state index in [4.69, 9.17) is 15.3 Å². The highest BCUT2D eigenvalue weighted by molar-refractivity contribution is 9.10. The van der Waals surface area contributed by atoms with Crippen molar-refractivity contribution in [2.75, 3.05) is 14.2 Å². The summed E-state index contributed by atoms with van der Waals surface area (Å²) in [5.41, 5.74) is 0.193. The summed E-state index contributed by atoms with van der Waals surface area (Å²) in [6, 6.07) is 1.26. The van der Waals surface area contributed by atoms with Gasteiger partial charge in [0.05, 0.1) is 37.0 Å². The molecule has 17 heavy (non-hydrogen) atoms. The number of hydrogen-bond donors (Lipinski definition) is 1. The third kappa shape index (κ3) is 2.47. The lowest BCUT2D eigenvalue weighted by Gasteiger charge is -2.11.